The van der Waals surface area contributed by atoms with Crippen molar-refractivity contribution in [1.82, 2.24) is 19.7 Å². The van der Waals surface area contributed by atoms with Crippen molar-refractivity contribution in [3.05, 3.63) is 52.1 Å². The molecular formula is C17H13FN4O3S. The number of benzene rings is 1. The molecule has 0 spiro atoms. The fourth-order valence-corrected chi connectivity index (χ4v) is 3.49. The lowest BCUT2D eigenvalue weighted by atomic mass is 10.1. The fraction of sp³-hybridized carbons (Fsp3) is 0.176. The summed E-state index contributed by atoms with van der Waals surface area (Å²) in [4.78, 5) is 21.4. The lowest BCUT2D eigenvalue weighted by Crippen LogP contribution is -2.01. The number of thiazole rings is 1. The molecule has 1 aromatic carbocycles. The van der Waals surface area contributed by atoms with Gasteiger partial charge in [0, 0.05) is 31.0 Å². The number of para-hydroxylation sites is 1. The largest absolute Gasteiger partial charge is 0.364 e. The highest BCUT2D eigenvalue weighted by Crippen LogP contribution is 2.28. The first-order valence-corrected chi connectivity index (χ1v) is 8.53. The molecule has 0 saturated heterocycles. The lowest BCUT2D eigenvalue weighted by molar-refractivity contribution is 0.103. The van der Waals surface area contributed by atoms with E-state index < -0.39 is 5.82 Å². The van der Waals surface area contributed by atoms with Crippen molar-refractivity contribution in [1.29, 1.82) is 0 Å². The third-order valence-electron chi connectivity index (χ3n) is 3.82. The predicted octanol–water partition coefficient (Wildman–Crippen LogP) is 3.43. The Morgan fingerprint density at radius 1 is 1.38 bits per heavy atom. The molecule has 4 aromatic rings. The van der Waals surface area contributed by atoms with Gasteiger partial charge in [0.2, 0.25) is 17.5 Å². The number of nitrogens with zero attached hydrogens (tertiary/aromatic N) is 4. The predicted molar refractivity (Wildman–Crippen MR) is 92.5 cm³/mol. The first-order chi connectivity index (χ1) is 12.6. The molecule has 0 N–H and O–H groups in total. The minimum Gasteiger partial charge on any atom is -0.364 e. The van der Waals surface area contributed by atoms with Crippen molar-refractivity contribution in [2.75, 3.05) is 7.11 Å². The molecule has 9 heteroatoms. The van der Waals surface area contributed by atoms with E-state index in [1.807, 2.05) is 0 Å². The molecule has 3 aromatic heterocycles. The Morgan fingerprint density at radius 2 is 2.23 bits per heavy atom. The van der Waals surface area contributed by atoms with Gasteiger partial charge in [-0.2, -0.15) is 4.98 Å². The Morgan fingerprint density at radius 3 is 2.96 bits per heavy atom. The molecule has 26 heavy (non-hydrogen) atoms. The molecule has 132 valence electrons. The van der Waals surface area contributed by atoms with Gasteiger partial charge in [0.05, 0.1) is 11.1 Å². The van der Waals surface area contributed by atoms with E-state index in [0.29, 0.717) is 33.9 Å². The second-order valence-corrected chi connectivity index (χ2v) is 6.43. The van der Waals surface area contributed by atoms with Gasteiger partial charge in [0.25, 0.3) is 0 Å². The van der Waals surface area contributed by atoms with E-state index in [2.05, 4.69) is 15.1 Å². The average molecular weight is 372 g/mol. The summed E-state index contributed by atoms with van der Waals surface area (Å²) < 4.78 is 25.8. The molecule has 3 heterocycles. The van der Waals surface area contributed by atoms with E-state index in [1.165, 1.54) is 24.5 Å². The highest BCUT2D eigenvalue weighted by Gasteiger charge is 2.22. The standard InChI is InChI=1S/C17H13FN4O3S/c1-9-19-16(21-25-9)13-7-26-17(20-13)15(23)11-6-22(8-24-2)14-10(11)4-3-5-12(14)18/h3-7H,8H2,1-2H3. The van der Waals surface area contributed by atoms with E-state index in [1.54, 1.807) is 35.2 Å². The number of hydrogen-bond acceptors (Lipinski definition) is 7. The number of ketones is 1. The smallest absolute Gasteiger partial charge is 0.223 e. The van der Waals surface area contributed by atoms with Gasteiger partial charge >= 0.3 is 0 Å². The topological polar surface area (TPSA) is 83.0 Å². The summed E-state index contributed by atoms with van der Waals surface area (Å²) >= 11 is 1.18. The first kappa shape index (κ1) is 16.6. The van der Waals surface area contributed by atoms with Crippen molar-refractivity contribution in [3.8, 4) is 11.5 Å². The molecular weight excluding hydrogens is 359 g/mol. The molecule has 0 atom stereocenters. The highest BCUT2D eigenvalue weighted by molar-refractivity contribution is 7.12. The quantitative estimate of drug-likeness (QED) is 0.499. The summed E-state index contributed by atoms with van der Waals surface area (Å²) in [5, 5.41) is 6.26. The van der Waals surface area contributed by atoms with Crippen molar-refractivity contribution >= 4 is 28.0 Å². The van der Waals surface area contributed by atoms with E-state index >= 15 is 0 Å². The third kappa shape index (κ3) is 2.71. The molecule has 0 unspecified atom stereocenters. The van der Waals surface area contributed by atoms with Crippen LogP contribution >= 0.6 is 11.3 Å². The maximum absolute atomic E-state index is 14.2. The zero-order valence-corrected chi connectivity index (χ0v) is 14.7. The van der Waals surface area contributed by atoms with Crippen LogP contribution in [0.15, 0.2) is 34.3 Å². The van der Waals surface area contributed by atoms with Gasteiger partial charge in [-0.15, -0.1) is 11.3 Å². The summed E-state index contributed by atoms with van der Waals surface area (Å²) in [5.41, 5.74) is 1.15. The minimum atomic E-state index is -0.416. The zero-order chi connectivity index (χ0) is 18.3. The second kappa shape index (κ2) is 6.43. The van der Waals surface area contributed by atoms with E-state index in [9.17, 15) is 9.18 Å². The second-order valence-electron chi connectivity index (χ2n) is 5.57. The monoisotopic (exact) mass is 372 g/mol. The van der Waals surface area contributed by atoms with Crippen LogP contribution < -0.4 is 0 Å². The van der Waals surface area contributed by atoms with Gasteiger partial charge in [0.1, 0.15) is 18.2 Å². The van der Waals surface area contributed by atoms with Crippen LogP contribution in [0.4, 0.5) is 4.39 Å². The maximum Gasteiger partial charge on any atom is 0.223 e. The van der Waals surface area contributed by atoms with Gasteiger partial charge < -0.3 is 13.8 Å². The molecule has 4 rings (SSSR count). The number of fused-ring (bicyclic) bond motifs is 1. The van der Waals surface area contributed by atoms with Crippen LogP contribution in [0.2, 0.25) is 0 Å². The lowest BCUT2D eigenvalue weighted by Gasteiger charge is -2.03. The first-order valence-electron chi connectivity index (χ1n) is 7.65. The van der Waals surface area contributed by atoms with E-state index in [4.69, 9.17) is 9.26 Å². The maximum atomic E-state index is 14.2. The number of methoxy groups -OCH3 is 1. The van der Waals surface area contributed by atoms with Gasteiger partial charge in [-0.3, -0.25) is 4.79 Å². The van der Waals surface area contributed by atoms with Gasteiger partial charge in [-0.05, 0) is 6.07 Å². The Bertz CT molecular complexity index is 1110. The van der Waals surface area contributed by atoms with Crippen LogP contribution in [0, 0.1) is 12.7 Å². The average Bonchev–Trinajstić information content (AvgIpc) is 3.33. The van der Waals surface area contributed by atoms with Crippen molar-refractivity contribution in [3.63, 3.8) is 0 Å². The summed E-state index contributed by atoms with van der Waals surface area (Å²) in [7, 11) is 1.51. The van der Waals surface area contributed by atoms with Gasteiger partial charge in [-0.1, -0.05) is 17.3 Å². The summed E-state index contributed by atoms with van der Waals surface area (Å²) in [6, 6.07) is 4.62. The number of carbonyl (C=O) groups excluding carboxylic acids is 1. The number of rotatable bonds is 5. The summed E-state index contributed by atoms with van der Waals surface area (Å²) in [5.74, 6) is 0.0252. The number of hydrogen-bond donors (Lipinski definition) is 0. The molecule has 0 amide bonds. The molecule has 7 nitrogen and oxygen atoms in total. The number of ether oxygens (including phenoxy) is 1. The van der Waals surface area contributed by atoms with Gasteiger partial charge in [-0.25, -0.2) is 9.37 Å². The fourth-order valence-electron chi connectivity index (χ4n) is 2.74. The number of halogens is 1. The third-order valence-corrected chi connectivity index (χ3v) is 4.66. The van der Waals surface area contributed by atoms with Crippen LogP contribution in [0.25, 0.3) is 22.4 Å². The molecule has 0 radical (unpaired) electrons. The highest BCUT2D eigenvalue weighted by atomic mass is 32.1. The Balaban J connectivity index is 1.77. The Kier molecular flexibility index (Phi) is 4.09. The number of carbonyl (C=O) groups is 1. The van der Waals surface area contributed by atoms with Crippen LogP contribution in [0.3, 0.4) is 0 Å². The van der Waals surface area contributed by atoms with Crippen LogP contribution in [-0.4, -0.2) is 32.6 Å². The summed E-state index contributed by atoms with van der Waals surface area (Å²) in [6.07, 6.45) is 1.58. The molecule has 0 fully saturated rings. The Labute approximate surface area is 151 Å². The van der Waals surface area contributed by atoms with E-state index in [-0.39, 0.29) is 17.5 Å². The molecule has 0 aliphatic heterocycles. The molecule has 0 aliphatic carbocycles. The van der Waals surface area contributed by atoms with Crippen LogP contribution in [0.1, 0.15) is 21.3 Å². The summed E-state index contributed by atoms with van der Waals surface area (Å²) in [6.45, 7) is 1.81. The van der Waals surface area contributed by atoms with Crippen LogP contribution in [0.5, 0.6) is 0 Å². The normalized spacial score (nSPS) is 11.3. The van der Waals surface area contributed by atoms with Crippen molar-refractivity contribution < 1.29 is 18.4 Å². The zero-order valence-electron chi connectivity index (χ0n) is 13.9. The minimum absolute atomic E-state index is 0.135. The van der Waals surface area contributed by atoms with Gasteiger partial charge in [0.15, 0.2) is 5.01 Å². The molecule has 0 aliphatic rings. The Hall–Kier alpha value is -2.91. The van der Waals surface area contributed by atoms with E-state index in [0.717, 1.165) is 0 Å². The SMILES string of the molecule is COCn1cc(C(=O)c2nc(-c3noc(C)n3)cs2)c2cccc(F)c21. The van der Waals surface area contributed by atoms with Crippen molar-refractivity contribution in [2.45, 2.75) is 13.7 Å². The molecule has 0 saturated carbocycles. The number of aryl methyl sites for hydroxylation is 1. The number of aromatic nitrogens is 4. The van der Waals surface area contributed by atoms with Crippen LogP contribution in [-0.2, 0) is 11.5 Å². The molecule has 0 bridgehead atoms. The van der Waals surface area contributed by atoms with Crippen molar-refractivity contribution in [2.24, 2.45) is 0 Å².